The van der Waals surface area contributed by atoms with Crippen LogP contribution in [0.2, 0.25) is 0 Å². The summed E-state index contributed by atoms with van der Waals surface area (Å²) in [6.07, 6.45) is 3.70. The molecule has 0 bridgehead atoms. The molecule has 1 aliphatic rings. The molecule has 0 aliphatic carbocycles. The van der Waals surface area contributed by atoms with Gasteiger partial charge in [0.2, 0.25) is 4.96 Å². The molecule has 0 spiro atoms. The summed E-state index contributed by atoms with van der Waals surface area (Å²) in [7, 11) is 0. The van der Waals surface area contributed by atoms with Crippen molar-refractivity contribution in [2.45, 2.75) is 33.1 Å². The second kappa shape index (κ2) is 4.93. The van der Waals surface area contributed by atoms with Gasteiger partial charge in [-0.3, -0.25) is 0 Å². The molecule has 0 aromatic carbocycles. The van der Waals surface area contributed by atoms with E-state index in [0.717, 1.165) is 29.7 Å². The number of fused-ring (bicyclic) bond motifs is 1. The molecule has 0 radical (unpaired) electrons. The SMILES string of the molecule is Cc1nnc2sc(CC(C)C3CCCNC3)nn12. The van der Waals surface area contributed by atoms with Crippen LogP contribution < -0.4 is 5.32 Å². The maximum atomic E-state index is 4.60. The van der Waals surface area contributed by atoms with E-state index in [1.807, 2.05) is 11.4 Å². The van der Waals surface area contributed by atoms with E-state index >= 15 is 0 Å². The van der Waals surface area contributed by atoms with Crippen molar-refractivity contribution >= 4 is 16.3 Å². The summed E-state index contributed by atoms with van der Waals surface area (Å²) < 4.78 is 1.85. The zero-order valence-corrected chi connectivity index (χ0v) is 11.7. The van der Waals surface area contributed by atoms with Crippen LogP contribution in [0.4, 0.5) is 0 Å². The predicted molar refractivity (Wildman–Crippen MR) is 71.9 cm³/mol. The molecule has 3 rings (SSSR count). The number of aromatic nitrogens is 4. The molecule has 18 heavy (non-hydrogen) atoms. The molecular formula is C12H19N5S. The second-order valence-electron chi connectivity index (χ2n) is 5.23. The van der Waals surface area contributed by atoms with Crippen LogP contribution in [0.15, 0.2) is 0 Å². The molecule has 2 aromatic rings. The van der Waals surface area contributed by atoms with Crippen LogP contribution in [0.25, 0.3) is 4.96 Å². The van der Waals surface area contributed by atoms with Gasteiger partial charge in [0.05, 0.1) is 0 Å². The van der Waals surface area contributed by atoms with Gasteiger partial charge in [0, 0.05) is 6.42 Å². The van der Waals surface area contributed by atoms with Gasteiger partial charge in [-0.15, -0.1) is 10.2 Å². The Bertz CT molecular complexity index is 526. The van der Waals surface area contributed by atoms with Crippen LogP contribution in [0.1, 0.15) is 30.6 Å². The van der Waals surface area contributed by atoms with Crippen LogP contribution in [-0.4, -0.2) is 32.9 Å². The van der Waals surface area contributed by atoms with Crippen molar-refractivity contribution in [3.8, 4) is 0 Å². The molecule has 5 nitrogen and oxygen atoms in total. The van der Waals surface area contributed by atoms with E-state index in [0.29, 0.717) is 5.92 Å². The monoisotopic (exact) mass is 265 g/mol. The quantitative estimate of drug-likeness (QED) is 0.917. The number of nitrogens with zero attached hydrogens (tertiary/aromatic N) is 4. The van der Waals surface area contributed by atoms with Crippen LogP contribution in [-0.2, 0) is 6.42 Å². The Morgan fingerprint density at radius 3 is 3.11 bits per heavy atom. The summed E-state index contributed by atoms with van der Waals surface area (Å²) in [4.78, 5) is 0.913. The van der Waals surface area contributed by atoms with E-state index in [1.54, 1.807) is 11.3 Å². The zero-order chi connectivity index (χ0) is 12.5. The van der Waals surface area contributed by atoms with E-state index in [9.17, 15) is 0 Å². The van der Waals surface area contributed by atoms with Gasteiger partial charge in [0.15, 0.2) is 5.82 Å². The largest absolute Gasteiger partial charge is 0.316 e. The number of hydrogen-bond acceptors (Lipinski definition) is 5. The standard InChI is InChI=1S/C12H19N5S/c1-8(10-4-3-5-13-7-10)6-11-16-17-9(2)14-15-12(17)18-11/h8,10,13H,3-7H2,1-2H3. The molecule has 98 valence electrons. The van der Waals surface area contributed by atoms with Crippen LogP contribution in [0.3, 0.4) is 0 Å². The summed E-state index contributed by atoms with van der Waals surface area (Å²) in [5.74, 6) is 2.34. The van der Waals surface area contributed by atoms with Gasteiger partial charge < -0.3 is 5.32 Å². The third-order valence-electron chi connectivity index (χ3n) is 3.82. The lowest BCUT2D eigenvalue weighted by molar-refractivity contribution is 0.278. The van der Waals surface area contributed by atoms with Gasteiger partial charge in [-0.05, 0) is 44.7 Å². The van der Waals surface area contributed by atoms with Crippen LogP contribution in [0, 0.1) is 18.8 Å². The Kier molecular flexibility index (Phi) is 3.30. The lowest BCUT2D eigenvalue weighted by Gasteiger charge is -2.27. The number of piperidine rings is 1. The summed E-state index contributed by atoms with van der Waals surface area (Å²) >= 11 is 1.67. The van der Waals surface area contributed by atoms with Crippen molar-refractivity contribution < 1.29 is 0 Å². The molecule has 2 aromatic heterocycles. The molecule has 1 aliphatic heterocycles. The molecule has 1 N–H and O–H groups in total. The lowest BCUT2D eigenvalue weighted by atomic mass is 9.86. The van der Waals surface area contributed by atoms with Gasteiger partial charge in [-0.1, -0.05) is 18.3 Å². The van der Waals surface area contributed by atoms with Gasteiger partial charge >= 0.3 is 0 Å². The second-order valence-corrected chi connectivity index (χ2v) is 6.27. The molecule has 0 saturated carbocycles. The highest BCUT2D eigenvalue weighted by Gasteiger charge is 2.21. The number of aryl methyl sites for hydroxylation is 1. The smallest absolute Gasteiger partial charge is 0.234 e. The van der Waals surface area contributed by atoms with Gasteiger partial charge in [0.1, 0.15) is 5.01 Å². The first-order valence-electron chi connectivity index (χ1n) is 6.62. The average Bonchev–Trinajstić information content (AvgIpc) is 2.93. The third-order valence-corrected chi connectivity index (χ3v) is 4.75. The van der Waals surface area contributed by atoms with Crippen molar-refractivity contribution in [3.63, 3.8) is 0 Å². The van der Waals surface area contributed by atoms with Crippen LogP contribution >= 0.6 is 11.3 Å². The Morgan fingerprint density at radius 1 is 1.50 bits per heavy atom. The first-order chi connectivity index (χ1) is 8.74. The molecule has 3 heterocycles. The van der Waals surface area contributed by atoms with Crippen molar-refractivity contribution in [2.75, 3.05) is 13.1 Å². The summed E-state index contributed by atoms with van der Waals surface area (Å²) in [6, 6.07) is 0. The fourth-order valence-corrected chi connectivity index (χ4v) is 3.66. The fraction of sp³-hybridized carbons (Fsp3) is 0.750. The Balaban J connectivity index is 1.70. The van der Waals surface area contributed by atoms with E-state index in [2.05, 4.69) is 27.5 Å². The molecule has 2 atom stereocenters. The number of nitrogens with one attached hydrogen (secondary N) is 1. The minimum atomic E-state index is 0.682. The topological polar surface area (TPSA) is 55.1 Å². The zero-order valence-electron chi connectivity index (χ0n) is 10.9. The van der Waals surface area contributed by atoms with Crippen molar-refractivity contribution in [1.82, 2.24) is 25.1 Å². The summed E-state index contributed by atoms with van der Waals surface area (Å²) in [5.41, 5.74) is 0. The Morgan fingerprint density at radius 2 is 2.39 bits per heavy atom. The first kappa shape index (κ1) is 12.0. The van der Waals surface area contributed by atoms with Gasteiger partial charge in [0.25, 0.3) is 0 Å². The number of hydrogen-bond donors (Lipinski definition) is 1. The maximum Gasteiger partial charge on any atom is 0.234 e. The molecular weight excluding hydrogens is 246 g/mol. The summed E-state index contributed by atoms with van der Waals surface area (Å²) in [6.45, 7) is 6.62. The number of rotatable bonds is 3. The van der Waals surface area contributed by atoms with Crippen molar-refractivity contribution in [3.05, 3.63) is 10.8 Å². The molecule has 1 saturated heterocycles. The van der Waals surface area contributed by atoms with E-state index in [1.165, 1.54) is 24.4 Å². The molecule has 6 heteroatoms. The maximum absolute atomic E-state index is 4.60. The highest BCUT2D eigenvalue weighted by Crippen LogP contribution is 2.25. The minimum Gasteiger partial charge on any atom is -0.316 e. The Hall–Kier alpha value is -1.01. The van der Waals surface area contributed by atoms with E-state index < -0.39 is 0 Å². The Labute approximate surface area is 111 Å². The first-order valence-corrected chi connectivity index (χ1v) is 7.44. The van der Waals surface area contributed by atoms with Gasteiger partial charge in [-0.2, -0.15) is 9.61 Å². The van der Waals surface area contributed by atoms with E-state index in [4.69, 9.17) is 0 Å². The highest BCUT2D eigenvalue weighted by molar-refractivity contribution is 7.16. The van der Waals surface area contributed by atoms with Crippen molar-refractivity contribution in [1.29, 1.82) is 0 Å². The highest BCUT2D eigenvalue weighted by atomic mass is 32.1. The molecule has 1 fully saturated rings. The minimum absolute atomic E-state index is 0.682. The normalized spacial score (nSPS) is 22.4. The predicted octanol–water partition coefficient (Wildman–Crippen LogP) is 1.67. The van der Waals surface area contributed by atoms with Gasteiger partial charge in [-0.25, -0.2) is 0 Å². The molecule has 2 unspecified atom stereocenters. The average molecular weight is 265 g/mol. The van der Waals surface area contributed by atoms with E-state index in [-0.39, 0.29) is 0 Å². The summed E-state index contributed by atoms with van der Waals surface area (Å²) in [5, 5.41) is 17.4. The third kappa shape index (κ3) is 2.27. The molecule has 0 amide bonds. The fourth-order valence-electron chi connectivity index (χ4n) is 2.64. The lowest BCUT2D eigenvalue weighted by Crippen LogP contribution is -2.33. The van der Waals surface area contributed by atoms with Crippen LogP contribution in [0.5, 0.6) is 0 Å². The van der Waals surface area contributed by atoms with Crippen molar-refractivity contribution in [2.24, 2.45) is 11.8 Å².